The van der Waals surface area contributed by atoms with Crippen LogP contribution in [0.1, 0.15) is 38.7 Å². The number of likely N-dealkylation sites (tertiary alicyclic amines) is 1. The van der Waals surface area contributed by atoms with Gasteiger partial charge in [-0.2, -0.15) is 0 Å². The van der Waals surface area contributed by atoms with Gasteiger partial charge in [0, 0.05) is 24.7 Å². The first-order valence-corrected chi connectivity index (χ1v) is 7.03. The number of nitrogens with zero attached hydrogens (tertiary/aromatic N) is 2. The molecule has 110 valence electrons. The normalized spacial score (nSPS) is 23.6. The Morgan fingerprint density at radius 3 is 2.60 bits per heavy atom. The first-order chi connectivity index (χ1) is 9.54. The van der Waals surface area contributed by atoms with E-state index in [0.717, 1.165) is 5.56 Å². The largest absolute Gasteiger partial charge is 0.318 e. The monoisotopic (exact) mass is 278 g/mol. The topological polar surface area (TPSA) is 84.4 Å². The van der Waals surface area contributed by atoms with Crippen LogP contribution in [0.15, 0.2) is 18.2 Å². The maximum absolute atomic E-state index is 11.1. The highest BCUT2D eigenvalue weighted by molar-refractivity contribution is 5.65. The quantitative estimate of drug-likeness (QED) is 0.502. The number of rotatable bonds is 4. The molecule has 0 spiro atoms. The summed E-state index contributed by atoms with van der Waals surface area (Å²) in [6, 6.07) is 6.07. The Morgan fingerprint density at radius 1 is 1.40 bits per heavy atom. The number of nitrogen functional groups attached to an aromatic ring is 1. The van der Waals surface area contributed by atoms with Gasteiger partial charge in [0.05, 0.1) is 4.92 Å². The van der Waals surface area contributed by atoms with Gasteiger partial charge in [-0.3, -0.25) is 20.9 Å². The molecule has 0 bridgehead atoms. The summed E-state index contributed by atoms with van der Waals surface area (Å²) in [5.41, 5.74) is 3.82. The van der Waals surface area contributed by atoms with Crippen molar-refractivity contribution in [3.63, 3.8) is 0 Å². The average Bonchev–Trinajstić information content (AvgIpc) is 2.42. The van der Waals surface area contributed by atoms with Crippen LogP contribution in [0, 0.1) is 10.1 Å². The third-order valence-corrected chi connectivity index (χ3v) is 4.20. The van der Waals surface area contributed by atoms with Gasteiger partial charge >= 0.3 is 0 Å². The minimum Gasteiger partial charge on any atom is -0.318 e. The smallest absolute Gasteiger partial charge is 0.293 e. The fraction of sp³-hybridized carbons (Fsp3) is 0.571. The second-order valence-electron chi connectivity index (χ2n) is 5.51. The number of hydrazine groups is 1. The number of hydrogen-bond donors (Lipinski definition) is 2. The van der Waals surface area contributed by atoms with Crippen LogP contribution in [0.25, 0.3) is 0 Å². The summed E-state index contributed by atoms with van der Waals surface area (Å²) in [6.45, 7) is 5.11. The zero-order chi connectivity index (χ0) is 14.7. The minimum absolute atomic E-state index is 0.0299. The number of nitrogens with one attached hydrogen (secondary N) is 1. The van der Waals surface area contributed by atoms with Gasteiger partial charge in [-0.05, 0) is 32.3 Å². The van der Waals surface area contributed by atoms with E-state index in [1.54, 1.807) is 6.07 Å². The van der Waals surface area contributed by atoms with E-state index in [9.17, 15) is 10.1 Å². The fourth-order valence-electron chi connectivity index (χ4n) is 3.02. The van der Waals surface area contributed by atoms with Gasteiger partial charge in [-0.15, -0.1) is 0 Å². The number of nitrogens with two attached hydrogens (primary N) is 1. The van der Waals surface area contributed by atoms with Crippen LogP contribution < -0.4 is 11.3 Å². The van der Waals surface area contributed by atoms with Crippen molar-refractivity contribution in [3.8, 4) is 0 Å². The highest BCUT2D eigenvalue weighted by atomic mass is 16.6. The number of hydrogen-bond acceptors (Lipinski definition) is 5. The van der Waals surface area contributed by atoms with E-state index in [1.165, 1.54) is 25.3 Å². The van der Waals surface area contributed by atoms with Crippen molar-refractivity contribution in [3.05, 3.63) is 33.9 Å². The number of nitro benzene ring substituents is 1. The maximum atomic E-state index is 11.1. The number of nitro groups is 1. The second kappa shape index (κ2) is 6.19. The molecule has 1 aromatic rings. The van der Waals surface area contributed by atoms with Gasteiger partial charge in [0.25, 0.3) is 5.69 Å². The summed E-state index contributed by atoms with van der Waals surface area (Å²) in [5.74, 6) is 5.49. The molecular formula is C14H22N4O2. The summed E-state index contributed by atoms with van der Waals surface area (Å²) in [4.78, 5) is 13.0. The first-order valence-electron chi connectivity index (χ1n) is 7.03. The highest BCUT2D eigenvalue weighted by Crippen LogP contribution is 2.31. The molecule has 2 rings (SSSR count). The average molecular weight is 278 g/mol. The summed E-state index contributed by atoms with van der Waals surface area (Å²) in [7, 11) is 0. The van der Waals surface area contributed by atoms with Crippen molar-refractivity contribution in [2.24, 2.45) is 5.84 Å². The lowest BCUT2D eigenvalue weighted by molar-refractivity contribution is -0.384. The molecule has 20 heavy (non-hydrogen) atoms. The molecule has 1 aliphatic heterocycles. The van der Waals surface area contributed by atoms with Crippen LogP contribution in [0.2, 0.25) is 0 Å². The lowest BCUT2D eigenvalue weighted by atomic mass is 9.96. The number of para-hydroxylation sites is 1. The van der Waals surface area contributed by atoms with Crippen LogP contribution in [0.4, 0.5) is 11.4 Å². The van der Waals surface area contributed by atoms with Gasteiger partial charge < -0.3 is 5.43 Å². The van der Waals surface area contributed by atoms with Crippen LogP contribution in [-0.4, -0.2) is 21.9 Å². The number of benzene rings is 1. The molecule has 1 heterocycles. The molecule has 1 saturated heterocycles. The molecular weight excluding hydrogens is 256 g/mol. The molecule has 0 aliphatic carbocycles. The van der Waals surface area contributed by atoms with Crippen molar-refractivity contribution < 1.29 is 4.92 Å². The SMILES string of the molecule is C[C@@H]1CCC[C@H](C)N1Cc1cccc([N+](=O)[O-])c1NN. The number of piperidine rings is 1. The van der Waals surface area contributed by atoms with Crippen LogP contribution in [0.5, 0.6) is 0 Å². The molecule has 1 aliphatic rings. The summed E-state index contributed by atoms with van der Waals surface area (Å²) in [5, 5.41) is 11.1. The van der Waals surface area contributed by atoms with Gasteiger partial charge in [0.2, 0.25) is 0 Å². The minimum atomic E-state index is -0.401. The molecule has 0 saturated carbocycles. The first kappa shape index (κ1) is 14.7. The van der Waals surface area contributed by atoms with Crippen molar-refractivity contribution in [2.45, 2.75) is 51.7 Å². The zero-order valence-electron chi connectivity index (χ0n) is 12.0. The molecule has 6 nitrogen and oxygen atoms in total. The van der Waals surface area contributed by atoms with Gasteiger partial charge in [-0.1, -0.05) is 18.6 Å². The van der Waals surface area contributed by atoms with E-state index in [0.29, 0.717) is 24.3 Å². The Bertz CT molecular complexity index is 482. The lowest BCUT2D eigenvalue weighted by Crippen LogP contribution is -2.43. The Hall–Kier alpha value is -1.66. The molecule has 1 aromatic carbocycles. The van der Waals surface area contributed by atoms with Crippen LogP contribution in [0.3, 0.4) is 0 Å². The predicted molar refractivity (Wildman–Crippen MR) is 79.2 cm³/mol. The molecule has 0 radical (unpaired) electrons. The van der Waals surface area contributed by atoms with Crippen molar-refractivity contribution in [2.75, 3.05) is 5.43 Å². The van der Waals surface area contributed by atoms with E-state index in [1.807, 2.05) is 6.07 Å². The molecule has 0 aromatic heterocycles. The molecule has 0 amide bonds. The molecule has 2 atom stereocenters. The van der Waals surface area contributed by atoms with Gasteiger partial charge in [-0.25, -0.2) is 0 Å². The Kier molecular flexibility index (Phi) is 4.57. The second-order valence-corrected chi connectivity index (χ2v) is 5.51. The standard InChI is InChI=1S/C14H22N4O2/c1-10-5-3-6-11(2)17(10)9-12-7-4-8-13(18(19)20)14(12)16-15/h4,7-8,10-11,16H,3,5-6,9,15H2,1-2H3/t10-,11+. The summed E-state index contributed by atoms with van der Waals surface area (Å²) < 4.78 is 0. The molecule has 1 fully saturated rings. The summed E-state index contributed by atoms with van der Waals surface area (Å²) >= 11 is 0. The molecule has 6 heteroatoms. The van der Waals surface area contributed by atoms with E-state index < -0.39 is 4.92 Å². The van der Waals surface area contributed by atoms with Crippen molar-refractivity contribution in [1.29, 1.82) is 0 Å². The van der Waals surface area contributed by atoms with Crippen LogP contribution in [-0.2, 0) is 6.54 Å². The van der Waals surface area contributed by atoms with Crippen molar-refractivity contribution in [1.82, 2.24) is 4.90 Å². The molecule has 0 unspecified atom stereocenters. The third kappa shape index (κ3) is 2.91. The zero-order valence-corrected chi connectivity index (χ0v) is 12.0. The van der Waals surface area contributed by atoms with Crippen LogP contribution >= 0.6 is 0 Å². The Morgan fingerprint density at radius 2 is 2.05 bits per heavy atom. The van der Waals surface area contributed by atoms with E-state index in [-0.39, 0.29) is 5.69 Å². The third-order valence-electron chi connectivity index (χ3n) is 4.20. The maximum Gasteiger partial charge on any atom is 0.293 e. The van der Waals surface area contributed by atoms with Gasteiger partial charge in [0.15, 0.2) is 0 Å². The van der Waals surface area contributed by atoms with Crippen molar-refractivity contribution >= 4 is 11.4 Å². The van der Waals surface area contributed by atoms with Gasteiger partial charge in [0.1, 0.15) is 5.69 Å². The highest BCUT2D eigenvalue weighted by Gasteiger charge is 2.26. The Balaban J connectivity index is 2.28. The fourth-order valence-corrected chi connectivity index (χ4v) is 3.02. The molecule has 3 N–H and O–H groups in total. The van der Waals surface area contributed by atoms with E-state index >= 15 is 0 Å². The number of anilines is 1. The predicted octanol–water partition coefficient (Wildman–Crippen LogP) is 2.64. The van der Waals surface area contributed by atoms with E-state index in [2.05, 4.69) is 24.2 Å². The Labute approximate surface area is 119 Å². The lowest BCUT2D eigenvalue weighted by Gasteiger charge is -2.39. The summed E-state index contributed by atoms with van der Waals surface area (Å²) in [6.07, 6.45) is 3.59. The van der Waals surface area contributed by atoms with E-state index in [4.69, 9.17) is 5.84 Å².